The molecule has 0 bridgehead atoms. The van der Waals surface area contributed by atoms with E-state index < -0.39 is 11.3 Å². The van der Waals surface area contributed by atoms with Crippen LogP contribution in [0.1, 0.15) is 23.1 Å². The van der Waals surface area contributed by atoms with E-state index in [-0.39, 0.29) is 0 Å². The second-order valence-electron chi connectivity index (χ2n) is 8.80. The fourth-order valence-corrected chi connectivity index (χ4v) is 5.25. The van der Waals surface area contributed by atoms with Crippen LogP contribution in [0.15, 0.2) is 71.7 Å². The van der Waals surface area contributed by atoms with Gasteiger partial charge in [-0.2, -0.15) is 0 Å². The monoisotopic (exact) mass is 422 g/mol. The van der Waals surface area contributed by atoms with E-state index in [1.54, 1.807) is 13.1 Å². The molecule has 0 radical (unpaired) electrons. The van der Waals surface area contributed by atoms with E-state index in [9.17, 15) is 0 Å². The largest absolute Gasteiger partial charge is 0.486 e. The summed E-state index contributed by atoms with van der Waals surface area (Å²) in [6.07, 6.45) is 2.18. The lowest BCUT2D eigenvalue weighted by Crippen LogP contribution is -2.49. The predicted octanol–water partition coefficient (Wildman–Crippen LogP) is 4.57. The molecular weight excluding hydrogens is 400 g/mol. The van der Waals surface area contributed by atoms with Gasteiger partial charge in [0.25, 0.3) is 0 Å². The molecule has 0 fully saturated rings. The maximum Gasteiger partial charge on any atom is 0.222 e. The molecule has 1 unspecified atom stereocenters. The summed E-state index contributed by atoms with van der Waals surface area (Å²) in [7, 11) is 1.78. The van der Waals surface area contributed by atoms with Crippen molar-refractivity contribution in [2.75, 3.05) is 7.05 Å². The Bertz CT molecular complexity index is 1300. The van der Waals surface area contributed by atoms with Crippen molar-refractivity contribution in [2.45, 2.75) is 30.6 Å². The number of fused-ring (bicyclic) bond motifs is 3. The average Bonchev–Trinajstić information content (AvgIpc) is 3.29. The van der Waals surface area contributed by atoms with E-state index in [1.165, 1.54) is 16.2 Å². The Morgan fingerprint density at radius 1 is 1.00 bits per heavy atom. The quantitative estimate of drug-likeness (QED) is 0.584. The van der Waals surface area contributed by atoms with Crippen molar-refractivity contribution >= 4 is 11.6 Å². The van der Waals surface area contributed by atoms with Crippen molar-refractivity contribution in [3.63, 3.8) is 0 Å². The molecule has 0 saturated carbocycles. The summed E-state index contributed by atoms with van der Waals surface area (Å²) in [5.41, 5.74) is 10.8. The van der Waals surface area contributed by atoms with Crippen LogP contribution in [0.3, 0.4) is 0 Å². The second kappa shape index (κ2) is 6.59. The topological polar surface area (TPSA) is 64.4 Å². The van der Waals surface area contributed by atoms with Crippen LogP contribution in [-0.4, -0.2) is 23.7 Å². The zero-order valence-corrected chi connectivity index (χ0v) is 17.7. The molecule has 3 aliphatic rings. The van der Waals surface area contributed by atoms with Crippen molar-refractivity contribution in [3.8, 4) is 16.9 Å². The number of hydrogen-bond acceptors (Lipinski definition) is 5. The molecule has 0 saturated heterocycles. The lowest BCUT2D eigenvalue weighted by molar-refractivity contribution is -0.203. The molecule has 2 N–H and O–H groups in total. The maximum absolute atomic E-state index is 7.32. The summed E-state index contributed by atoms with van der Waals surface area (Å²) >= 11 is 0. The first-order chi connectivity index (χ1) is 15.5. The molecule has 3 aromatic carbocycles. The van der Waals surface area contributed by atoms with E-state index in [2.05, 4.69) is 35.2 Å². The minimum atomic E-state index is -0.943. The van der Waals surface area contributed by atoms with Crippen LogP contribution in [0.4, 0.5) is 5.69 Å². The summed E-state index contributed by atoms with van der Waals surface area (Å²) in [6, 6.07) is 22.2. The van der Waals surface area contributed by atoms with Crippen molar-refractivity contribution < 1.29 is 9.57 Å². The number of guanidine groups is 1. The number of benzene rings is 3. The molecule has 0 aromatic heterocycles. The van der Waals surface area contributed by atoms with Gasteiger partial charge in [-0.05, 0) is 40.5 Å². The van der Waals surface area contributed by atoms with Gasteiger partial charge in [0.05, 0.1) is 12.1 Å². The number of aliphatic imine (C=N–C) groups is 1. The summed E-state index contributed by atoms with van der Waals surface area (Å²) in [5, 5.41) is 1.54. The number of hydrogen-bond donors (Lipinski definition) is 1. The Hall–Kier alpha value is -3.82. The molecule has 2 spiro atoms. The minimum absolute atomic E-state index is 0.351. The summed E-state index contributed by atoms with van der Waals surface area (Å²) < 4.78 is 6.70. The normalized spacial score (nSPS) is 22.2. The van der Waals surface area contributed by atoms with Gasteiger partial charge in [0.1, 0.15) is 11.4 Å². The molecule has 158 valence electrons. The van der Waals surface area contributed by atoms with Gasteiger partial charge >= 0.3 is 0 Å². The van der Waals surface area contributed by atoms with Crippen molar-refractivity contribution in [1.82, 2.24) is 5.06 Å². The Morgan fingerprint density at radius 3 is 2.44 bits per heavy atom. The molecule has 6 nitrogen and oxygen atoms in total. The molecular formula is C26H22N4O2. The first-order valence-corrected chi connectivity index (χ1v) is 10.7. The van der Waals surface area contributed by atoms with Crippen LogP contribution in [0, 0.1) is 6.57 Å². The van der Waals surface area contributed by atoms with Crippen LogP contribution in [0.2, 0.25) is 0 Å². The Kier molecular flexibility index (Phi) is 3.89. The van der Waals surface area contributed by atoms with Crippen LogP contribution >= 0.6 is 0 Å². The fraction of sp³-hybridized carbons (Fsp3) is 0.231. The molecule has 0 amide bonds. The highest BCUT2D eigenvalue weighted by Crippen LogP contribution is 2.53. The third kappa shape index (κ3) is 2.79. The second-order valence-corrected chi connectivity index (χ2v) is 8.80. The molecule has 32 heavy (non-hydrogen) atoms. The highest BCUT2D eigenvalue weighted by Gasteiger charge is 2.56. The van der Waals surface area contributed by atoms with Gasteiger partial charge in [0.15, 0.2) is 5.69 Å². The van der Waals surface area contributed by atoms with E-state index in [4.69, 9.17) is 26.9 Å². The molecule has 6 rings (SSSR count). The van der Waals surface area contributed by atoms with E-state index in [1.807, 2.05) is 30.3 Å². The molecule has 2 heterocycles. The van der Waals surface area contributed by atoms with Gasteiger partial charge in [-0.25, -0.2) is 19.7 Å². The van der Waals surface area contributed by atoms with Gasteiger partial charge in [0.2, 0.25) is 11.7 Å². The molecule has 1 atom stereocenters. The number of rotatable bonds is 1. The fourth-order valence-electron chi connectivity index (χ4n) is 5.25. The Balaban J connectivity index is 1.48. The van der Waals surface area contributed by atoms with E-state index >= 15 is 0 Å². The van der Waals surface area contributed by atoms with Crippen LogP contribution in [0.25, 0.3) is 16.0 Å². The van der Waals surface area contributed by atoms with Gasteiger partial charge in [-0.3, -0.25) is 0 Å². The zero-order valence-electron chi connectivity index (χ0n) is 17.7. The van der Waals surface area contributed by atoms with Crippen molar-refractivity contribution in [2.24, 2.45) is 10.7 Å². The summed E-state index contributed by atoms with van der Waals surface area (Å²) in [5.74, 6) is 1.12. The maximum atomic E-state index is 7.32. The Morgan fingerprint density at radius 2 is 1.75 bits per heavy atom. The number of nitrogens with zero attached hydrogens (tertiary/aromatic N) is 3. The molecule has 3 aromatic rings. The smallest absolute Gasteiger partial charge is 0.222 e. The number of nitrogens with two attached hydrogens (primary N) is 1. The highest BCUT2D eigenvalue weighted by molar-refractivity contribution is 5.79. The summed E-state index contributed by atoms with van der Waals surface area (Å²) in [6.45, 7) is 7.32. The predicted molar refractivity (Wildman–Crippen MR) is 122 cm³/mol. The standard InChI is InChI=1S/C26H22N4O2/c1-28-21-9-5-8-17(12-21)18-10-11-23-22(13-18)26(29-24(27)30(2)32-26)16-25(31-23)14-19-6-3-4-7-20(19)15-25/h3-13H,14-16H2,2H3,(H2,27,29). The van der Waals surface area contributed by atoms with Crippen LogP contribution in [-0.2, 0) is 23.4 Å². The minimum Gasteiger partial charge on any atom is -0.486 e. The number of hydroxylamine groups is 2. The van der Waals surface area contributed by atoms with Crippen LogP contribution < -0.4 is 10.5 Å². The molecule has 6 heteroatoms. The first-order valence-electron chi connectivity index (χ1n) is 10.7. The van der Waals surface area contributed by atoms with Crippen molar-refractivity contribution in [3.05, 3.63) is 94.8 Å². The van der Waals surface area contributed by atoms with E-state index in [0.29, 0.717) is 18.1 Å². The van der Waals surface area contributed by atoms with Gasteiger partial charge in [-0.1, -0.05) is 48.5 Å². The van der Waals surface area contributed by atoms with Gasteiger partial charge in [-0.15, -0.1) is 0 Å². The third-order valence-corrected chi connectivity index (χ3v) is 6.65. The Labute approximate surface area is 186 Å². The third-order valence-electron chi connectivity index (χ3n) is 6.65. The molecule has 2 aliphatic heterocycles. The first kappa shape index (κ1) is 18.9. The zero-order chi connectivity index (χ0) is 21.9. The van der Waals surface area contributed by atoms with Crippen LogP contribution in [0.5, 0.6) is 5.75 Å². The number of ether oxygens (including phenoxy) is 1. The SMILES string of the molecule is [C-]#[N+]c1cccc(-c2ccc3c(c2)C2(CC4(Cc5ccccc5C4)O3)N=C(N)N(C)O2)c1. The highest BCUT2D eigenvalue weighted by atomic mass is 16.7. The average molecular weight is 422 g/mol. The van der Waals surface area contributed by atoms with Gasteiger partial charge in [0, 0.05) is 26.3 Å². The van der Waals surface area contributed by atoms with Gasteiger partial charge < -0.3 is 10.5 Å². The summed E-state index contributed by atoms with van der Waals surface area (Å²) in [4.78, 5) is 14.7. The van der Waals surface area contributed by atoms with Crippen molar-refractivity contribution in [1.29, 1.82) is 0 Å². The lowest BCUT2D eigenvalue weighted by Gasteiger charge is -2.43. The lowest BCUT2D eigenvalue weighted by atomic mass is 9.81. The molecule has 1 aliphatic carbocycles. The van der Waals surface area contributed by atoms with E-state index in [0.717, 1.165) is 35.3 Å².